The van der Waals surface area contributed by atoms with Gasteiger partial charge in [0.25, 0.3) is 0 Å². The molecule has 5 nitrogen and oxygen atoms in total. The maximum Gasteiger partial charge on any atom is 0.222 e. The Morgan fingerprint density at radius 1 is 1.07 bits per heavy atom. The highest BCUT2D eigenvalue weighted by molar-refractivity contribution is 5.85. The minimum Gasteiger partial charge on any atom is -0.343 e. The van der Waals surface area contributed by atoms with Crippen molar-refractivity contribution in [1.29, 1.82) is 0 Å². The van der Waals surface area contributed by atoms with Crippen molar-refractivity contribution in [2.24, 2.45) is 11.8 Å². The largest absolute Gasteiger partial charge is 0.343 e. The van der Waals surface area contributed by atoms with Gasteiger partial charge in [0.1, 0.15) is 0 Å². The summed E-state index contributed by atoms with van der Waals surface area (Å²) in [5.41, 5.74) is 6.01. The molecular weight excluding hydrogens is 396 g/mol. The van der Waals surface area contributed by atoms with Crippen molar-refractivity contribution in [3.63, 3.8) is 0 Å². The number of amides is 1. The van der Waals surface area contributed by atoms with E-state index in [0.29, 0.717) is 12.3 Å². The summed E-state index contributed by atoms with van der Waals surface area (Å²) in [5.74, 6) is 1.83. The van der Waals surface area contributed by atoms with Crippen LogP contribution in [0.25, 0.3) is 0 Å². The molecule has 0 saturated carbocycles. The summed E-state index contributed by atoms with van der Waals surface area (Å²) in [6.45, 7) is 11.2. The summed E-state index contributed by atoms with van der Waals surface area (Å²) in [6, 6.07) is 8.62. The Balaban J connectivity index is 0.00000256. The number of carbonyl (C=O) groups excluding carboxylic acids is 1. The zero-order valence-electron chi connectivity index (χ0n) is 18.5. The summed E-state index contributed by atoms with van der Waals surface area (Å²) >= 11 is 0. The third-order valence-corrected chi connectivity index (χ3v) is 6.95. The normalized spacial score (nSPS) is 21.1. The number of carbonyl (C=O) groups is 1. The van der Waals surface area contributed by atoms with Gasteiger partial charge in [0, 0.05) is 25.2 Å². The average molecular weight is 431 g/mol. The first-order valence-corrected chi connectivity index (χ1v) is 11.1. The van der Waals surface area contributed by atoms with E-state index < -0.39 is 0 Å². The van der Waals surface area contributed by atoms with E-state index in [1.807, 2.05) is 0 Å². The predicted octanol–water partition coefficient (Wildman–Crippen LogP) is 3.67. The highest BCUT2D eigenvalue weighted by Crippen LogP contribution is 2.27. The van der Waals surface area contributed by atoms with Gasteiger partial charge in [0.2, 0.25) is 5.91 Å². The van der Waals surface area contributed by atoms with Crippen molar-refractivity contribution in [1.82, 2.24) is 20.0 Å². The third kappa shape index (κ3) is 5.06. The number of fused-ring (bicyclic) bond motifs is 1. The van der Waals surface area contributed by atoms with E-state index in [1.165, 1.54) is 22.4 Å². The molecule has 0 unspecified atom stereocenters. The second-order valence-electron chi connectivity index (χ2n) is 8.93. The zero-order valence-corrected chi connectivity index (χ0v) is 19.3. The minimum atomic E-state index is 0. The van der Waals surface area contributed by atoms with E-state index >= 15 is 0 Å². The average Bonchev–Trinajstić information content (AvgIpc) is 3.19. The monoisotopic (exact) mass is 430 g/mol. The highest BCUT2D eigenvalue weighted by atomic mass is 35.5. The summed E-state index contributed by atoms with van der Waals surface area (Å²) in [7, 11) is 0. The molecule has 164 valence electrons. The first-order chi connectivity index (χ1) is 14.0. The molecule has 6 heteroatoms. The Morgan fingerprint density at radius 2 is 1.70 bits per heavy atom. The minimum absolute atomic E-state index is 0. The molecule has 3 heterocycles. The molecule has 0 spiro atoms. The molecular formula is C24H35ClN4O. The summed E-state index contributed by atoms with van der Waals surface area (Å²) < 4.78 is 2.08. The van der Waals surface area contributed by atoms with Gasteiger partial charge >= 0.3 is 0 Å². The molecule has 1 aromatic heterocycles. The van der Waals surface area contributed by atoms with E-state index in [2.05, 4.69) is 59.9 Å². The van der Waals surface area contributed by atoms with Gasteiger partial charge in [-0.05, 0) is 76.1 Å². The zero-order chi connectivity index (χ0) is 20.4. The van der Waals surface area contributed by atoms with Crippen LogP contribution in [0.2, 0.25) is 0 Å². The lowest BCUT2D eigenvalue weighted by molar-refractivity contribution is -0.131. The number of aromatic nitrogens is 2. The Bertz CT molecular complexity index is 847. The van der Waals surface area contributed by atoms with Crippen LogP contribution in [0.1, 0.15) is 47.3 Å². The summed E-state index contributed by atoms with van der Waals surface area (Å²) in [4.78, 5) is 15.0. The van der Waals surface area contributed by atoms with Crippen LogP contribution < -0.4 is 5.32 Å². The van der Waals surface area contributed by atoms with Gasteiger partial charge in [-0.3, -0.25) is 9.48 Å². The van der Waals surface area contributed by atoms with Crippen molar-refractivity contribution in [3.05, 3.63) is 52.3 Å². The van der Waals surface area contributed by atoms with Gasteiger partial charge in [-0.15, -0.1) is 12.4 Å². The van der Waals surface area contributed by atoms with Gasteiger partial charge in [0.05, 0.1) is 12.2 Å². The summed E-state index contributed by atoms with van der Waals surface area (Å²) in [6.07, 6.45) is 3.67. The number of rotatable bonds is 5. The fraction of sp³-hybridized carbons (Fsp3) is 0.583. The van der Waals surface area contributed by atoms with Crippen LogP contribution in [0.5, 0.6) is 0 Å². The van der Waals surface area contributed by atoms with Crippen molar-refractivity contribution in [2.45, 2.75) is 53.0 Å². The number of nitrogens with one attached hydrogen (secondary N) is 1. The van der Waals surface area contributed by atoms with Gasteiger partial charge in [-0.2, -0.15) is 5.10 Å². The van der Waals surface area contributed by atoms with Crippen molar-refractivity contribution in [2.75, 3.05) is 26.2 Å². The number of nitrogens with zero attached hydrogens (tertiary/aromatic N) is 3. The smallest absolute Gasteiger partial charge is 0.222 e. The molecule has 30 heavy (non-hydrogen) atoms. The summed E-state index contributed by atoms with van der Waals surface area (Å²) in [5, 5.41) is 8.26. The molecule has 4 rings (SSSR count). The number of likely N-dealkylation sites (tertiary alicyclic amines) is 1. The SMILES string of the molecule is Cc1ccc(Cn2nc(C)c(CCC(=O)N3CC[C@@H]4CNC[C@@H]4CC3)c2C)cc1.Cl. The second-order valence-corrected chi connectivity index (χ2v) is 8.93. The fourth-order valence-electron chi connectivity index (χ4n) is 4.97. The number of halogens is 1. The standard InChI is InChI=1S/C24H34N4O.ClH/c1-17-4-6-20(7-5-17)16-28-19(3)23(18(2)26-28)8-9-24(29)27-12-10-21-14-25-15-22(21)11-13-27;/h4-7,21-22,25H,8-16H2,1-3H3;1H/t21-,22+;. The van der Waals surface area contributed by atoms with Crippen LogP contribution in [0.4, 0.5) is 0 Å². The fourth-order valence-corrected chi connectivity index (χ4v) is 4.97. The third-order valence-electron chi connectivity index (χ3n) is 6.95. The van der Waals surface area contributed by atoms with E-state index in [9.17, 15) is 4.79 Å². The number of hydrogen-bond acceptors (Lipinski definition) is 3. The molecule has 0 aliphatic carbocycles. The van der Waals surface area contributed by atoms with Crippen molar-refractivity contribution in [3.8, 4) is 0 Å². The molecule has 2 aliphatic rings. The molecule has 1 amide bonds. The van der Waals surface area contributed by atoms with Crippen LogP contribution in [-0.4, -0.2) is 46.8 Å². The van der Waals surface area contributed by atoms with E-state index in [0.717, 1.165) is 69.5 Å². The molecule has 2 aromatic rings. The van der Waals surface area contributed by atoms with E-state index in [1.54, 1.807) is 0 Å². The van der Waals surface area contributed by atoms with Crippen LogP contribution >= 0.6 is 12.4 Å². The van der Waals surface area contributed by atoms with Crippen molar-refractivity contribution >= 4 is 18.3 Å². The van der Waals surface area contributed by atoms with Crippen LogP contribution in [-0.2, 0) is 17.8 Å². The number of hydrogen-bond donors (Lipinski definition) is 1. The Hall–Kier alpha value is -1.85. The maximum atomic E-state index is 12.9. The molecule has 2 aliphatic heterocycles. The molecule has 0 radical (unpaired) electrons. The topological polar surface area (TPSA) is 50.2 Å². The first-order valence-electron chi connectivity index (χ1n) is 11.1. The van der Waals surface area contributed by atoms with Crippen molar-refractivity contribution < 1.29 is 4.79 Å². The van der Waals surface area contributed by atoms with E-state index in [-0.39, 0.29) is 12.4 Å². The second kappa shape index (κ2) is 9.97. The van der Waals surface area contributed by atoms with Crippen LogP contribution in [0, 0.1) is 32.6 Å². The number of benzene rings is 1. The molecule has 2 saturated heterocycles. The van der Waals surface area contributed by atoms with Gasteiger partial charge in [0.15, 0.2) is 0 Å². The maximum absolute atomic E-state index is 12.9. The molecule has 1 aromatic carbocycles. The highest BCUT2D eigenvalue weighted by Gasteiger charge is 2.31. The van der Waals surface area contributed by atoms with Gasteiger partial charge in [-0.25, -0.2) is 0 Å². The van der Waals surface area contributed by atoms with Gasteiger partial charge in [-0.1, -0.05) is 29.8 Å². The first kappa shape index (κ1) is 22.8. The lowest BCUT2D eigenvalue weighted by atomic mass is 9.92. The van der Waals surface area contributed by atoms with Crippen LogP contribution in [0.15, 0.2) is 24.3 Å². The Labute approximate surface area is 186 Å². The molecule has 2 atom stereocenters. The van der Waals surface area contributed by atoms with E-state index in [4.69, 9.17) is 5.10 Å². The quantitative estimate of drug-likeness (QED) is 0.787. The number of aryl methyl sites for hydroxylation is 2. The molecule has 0 bridgehead atoms. The lowest BCUT2D eigenvalue weighted by Gasteiger charge is -2.21. The Morgan fingerprint density at radius 3 is 2.33 bits per heavy atom. The predicted molar refractivity (Wildman–Crippen MR) is 123 cm³/mol. The lowest BCUT2D eigenvalue weighted by Crippen LogP contribution is -2.33. The molecule has 2 fully saturated rings. The van der Waals surface area contributed by atoms with Gasteiger partial charge < -0.3 is 10.2 Å². The Kier molecular flexibility index (Phi) is 7.59. The van der Waals surface area contributed by atoms with Crippen LogP contribution in [0.3, 0.4) is 0 Å². The molecule has 1 N–H and O–H groups in total.